The molecule has 1 N–H and O–H groups in total. The molecule has 1 saturated heterocycles. The molecule has 1 aromatic carbocycles. The molecule has 0 spiro atoms. The molecular weight excluding hydrogens is 315 g/mol. The summed E-state index contributed by atoms with van der Waals surface area (Å²) in [5.74, 6) is 0.0458. The minimum Gasteiger partial charge on any atom is -0.355 e. The predicted molar refractivity (Wildman–Crippen MR) is 90.4 cm³/mol. The monoisotopic (exact) mass is 338 g/mol. The van der Waals surface area contributed by atoms with Crippen molar-refractivity contribution in [3.8, 4) is 0 Å². The molecule has 2 amide bonds. The van der Waals surface area contributed by atoms with Gasteiger partial charge < -0.3 is 10.2 Å². The minimum atomic E-state index is -0.522. The van der Waals surface area contributed by atoms with Crippen LogP contribution in [-0.4, -0.2) is 35.1 Å². The van der Waals surface area contributed by atoms with Crippen LogP contribution < -0.4 is 5.32 Å². The highest BCUT2D eigenvalue weighted by atomic mass is 32.2. The van der Waals surface area contributed by atoms with Crippen LogP contribution >= 0.6 is 11.8 Å². The van der Waals surface area contributed by atoms with Crippen LogP contribution in [0.4, 0.5) is 4.39 Å². The summed E-state index contributed by atoms with van der Waals surface area (Å²) in [4.78, 5) is 26.5. The first-order valence-corrected chi connectivity index (χ1v) is 8.94. The van der Waals surface area contributed by atoms with Gasteiger partial charge in [-0.15, -0.1) is 11.8 Å². The summed E-state index contributed by atoms with van der Waals surface area (Å²) in [6, 6.07) is 5.73. The summed E-state index contributed by atoms with van der Waals surface area (Å²) in [6.45, 7) is 6.43. The fourth-order valence-corrected chi connectivity index (χ4v) is 3.99. The Hall–Kier alpha value is -1.56. The van der Waals surface area contributed by atoms with E-state index in [1.807, 2.05) is 20.8 Å². The molecule has 2 rings (SSSR count). The van der Waals surface area contributed by atoms with Crippen LogP contribution in [0.25, 0.3) is 0 Å². The number of carbonyl (C=O) groups excluding carboxylic acids is 2. The molecule has 6 heteroatoms. The number of halogens is 1. The van der Waals surface area contributed by atoms with Crippen molar-refractivity contribution in [2.75, 3.05) is 12.3 Å². The van der Waals surface area contributed by atoms with Crippen LogP contribution in [0.15, 0.2) is 24.3 Å². The standard InChI is InChI=1S/C17H23FN2O2S/c1-4-19-16(22)14(8-11(2)3)20-15(21)10-23-17(20)12-6-5-7-13(18)9-12/h5-7,9,11,14,17H,4,8,10H2,1-3H3,(H,19,22). The fraction of sp³-hybridized carbons (Fsp3) is 0.529. The molecule has 1 heterocycles. The third-order valence-corrected chi connectivity index (χ3v) is 4.95. The molecule has 1 fully saturated rings. The molecule has 0 aromatic heterocycles. The van der Waals surface area contributed by atoms with E-state index in [2.05, 4.69) is 5.32 Å². The summed E-state index contributed by atoms with van der Waals surface area (Å²) in [5.41, 5.74) is 0.721. The number of hydrogen-bond acceptors (Lipinski definition) is 3. The number of amides is 2. The molecule has 23 heavy (non-hydrogen) atoms. The Morgan fingerprint density at radius 3 is 2.83 bits per heavy atom. The van der Waals surface area contributed by atoms with Gasteiger partial charge >= 0.3 is 0 Å². The second-order valence-corrected chi connectivity index (χ2v) is 7.13. The minimum absolute atomic E-state index is 0.0684. The van der Waals surface area contributed by atoms with Crippen LogP contribution in [0.5, 0.6) is 0 Å². The molecular formula is C17H23FN2O2S. The van der Waals surface area contributed by atoms with Gasteiger partial charge in [-0.05, 0) is 37.0 Å². The van der Waals surface area contributed by atoms with E-state index in [9.17, 15) is 14.0 Å². The SMILES string of the molecule is CCNC(=O)C(CC(C)C)N1C(=O)CSC1c1cccc(F)c1. The molecule has 0 aliphatic carbocycles. The number of rotatable bonds is 6. The summed E-state index contributed by atoms with van der Waals surface area (Å²) in [5, 5.41) is 2.50. The van der Waals surface area contributed by atoms with Gasteiger partial charge in [0.25, 0.3) is 0 Å². The normalized spacial score (nSPS) is 19.3. The lowest BCUT2D eigenvalue weighted by molar-refractivity contribution is -0.139. The number of hydrogen-bond donors (Lipinski definition) is 1. The maximum Gasteiger partial charge on any atom is 0.242 e. The van der Waals surface area contributed by atoms with E-state index in [1.54, 1.807) is 17.0 Å². The van der Waals surface area contributed by atoms with E-state index in [-0.39, 0.29) is 28.9 Å². The molecule has 0 saturated carbocycles. The highest BCUT2D eigenvalue weighted by Crippen LogP contribution is 2.41. The first-order chi connectivity index (χ1) is 10.9. The highest BCUT2D eigenvalue weighted by Gasteiger charge is 2.40. The van der Waals surface area contributed by atoms with E-state index < -0.39 is 6.04 Å². The van der Waals surface area contributed by atoms with Crippen LogP contribution in [0, 0.1) is 11.7 Å². The van der Waals surface area contributed by atoms with Gasteiger partial charge in [0.15, 0.2) is 0 Å². The van der Waals surface area contributed by atoms with Gasteiger partial charge in [0, 0.05) is 6.54 Å². The van der Waals surface area contributed by atoms with Crippen molar-refractivity contribution in [1.29, 1.82) is 0 Å². The van der Waals surface area contributed by atoms with E-state index >= 15 is 0 Å². The van der Waals surface area contributed by atoms with Gasteiger partial charge in [0.1, 0.15) is 17.2 Å². The number of nitrogens with one attached hydrogen (secondary N) is 1. The summed E-state index contributed by atoms with van der Waals surface area (Å²) >= 11 is 1.44. The molecule has 1 aromatic rings. The van der Waals surface area contributed by atoms with Crippen molar-refractivity contribution >= 4 is 23.6 Å². The van der Waals surface area contributed by atoms with Crippen LogP contribution in [0.3, 0.4) is 0 Å². The van der Waals surface area contributed by atoms with Crippen LogP contribution in [0.1, 0.15) is 38.1 Å². The quantitative estimate of drug-likeness (QED) is 0.867. The third-order valence-electron chi connectivity index (χ3n) is 3.72. The van der Waals surface area contributed by atoms with Crippen LogP contribution in [0.2, 0.25) is 0 Å². The molecule has 2 unspecified atom stereocenters. The van der Waals surface area contributed by atoms with Crippen LogP contribution in [-0.2, 0) is 9.59 Å². The van der Waals surface area contributed by atoms with Crippen molar-refractivity contribution in [2.24, 2.45) is 5.92 Å². The van der Waals surface area contributed by atoms with Gasteiger partial charge in [0.05, 0.1) is 5.75 Å². The van der Waals surface area contributed by atoms with Crippen molar-refractivity contribution in [3.63, 3.8) is 0 Å². The average molecular weight is 338 g/mol. The number of thioether (sulfide) groups is 1. The Labute approximate surface area is 140 Å². The summed E-state index contributed by atoms with van der Waals surface area (Å²) in [6.07, 6.45) is 0.587. The average Bonchev–Trinajstić information content (AvgIpc) is 2.86. The second kappa shape index (κ2) is 7.81. The fourth-order valence-electron chi connectivity index (χ4n) is 2.78. The topological polar surface area (TPSA) is 49.4 Å². The van der Waals surface area contributed by atoms with E-state index in [4.69, 9.17) is 0 Å². The number of benzene rings is 1. The maximum atomic E-state index is 13.5. The Morgan fingerprint density at radius 1 is 1.48 bits per heavy atom. The molecule has 126 valence electrons. The third kappa shape index (κ3) is 4.25. The van der Waals surface area contributed by atoms with Crippen molar-refractivity contribution in [2.45, 2.75) is 38.6 Å². The maximum absolute atomic E-state index is 13.5. The zero-order chi connectivity index (χ0) is 17.0. The van der Waals surface area contributed by atoms with Gasteiger partial charge in [-0.1, -0.05) is 26.0 Å². The number of likely N-dealkylation sites (N-methyl/N-ethyl adjacent to an activating group) is 1. The van der Waals surface area contributed by atoms with Crippen molar-refractivity contribution < 1.29 is 14.0 Å². The summed E-state index contributed by atoms with van der Waals surface area (Å²) < 4.78 is 13.5. The van der Waals surface area contributed by atoms with E-state index in [0.717, 1.165) is 5.56 Å². The number of nitrogens with zero attached hydrogens (tertiary/aromatic N) is 1. The molecule has 1 aliphatic heterocycles. The highest BCUT2D eigenvalue weighted by molar-refractivity contribution is 8.00. The Morgan fingerprint density at radius 2 is 2.22 bits per heavy atom. The second-order valence-electron chi connectivity index (χ2n) is 6.06. The molecule has 1 aliphatic rings. The number of carbonyl (C=O) groups is 2. The largest absolute Gasteiger partial charge is 0.355 e. The van der Waals surface area contributed by atoms with Gasteiger partial charge in [-0.25, -0.2) is 4.39 Å². The lowest BCUT2D eigenvalue weighted by Crippen LogP contribution is -2.49. The zero-order valence-electron chi connectivity index (χ0n) is 13.7. The van der Waals surface area contributed by atoms with E-state index in [0.29, 0.717) is 18.7 Å². The first-order valence-electron chi connectivity index (χ1n) is 7.90. The van der Waals surface area contributed by atoms with Gasteiger partial charge in [-0.2, -0.15) is 0 Å². The first kappa shape index (κ1) is 17.8. The molecule has 0 radical (unpaired) electrons. The van der Waals surface area contributed by atoms with Gasteiger partial charge in [-0.3, -0.25) is 9.59 Å². The smallest absolute Gasteiger partial charge is 0.242 e. The van der Waals surface area contributed by atoms with E-state index in [1.165, 1.54) is 23.9 Å². The molecule has 0 bridgehead atoms. The lowest BCUT2D eigenvalue weighted by Gasteiger charge is -2.33. The molecule has 4 nitrogen and oxygen atoms in total. The lowest BCUT2D eigenvalue weighted by atomic mass is 10.0. The Balaban J connectivity index is 2.33. The predicted octanol–water partition coefficient (Wildman–Crippen LogP) is 2.95. The Kier molecular flexibility index (Phi) is 6.04. The van der Waals surface area contributed by atoms with Crippen molar-refractivity contribution in [3.05, 3.63) is 35.6 Å². The van der Waals surface area contributed by atoms with Gasteiger partial charge in [0.2, 0.25) is 11.8 Å². The zero-order valence-corrected chi connectivity index (χ0v) is 14.5. The summed E-state index contributed by atoms with van der Waals surface area (Å²) in [7, 11) is 0. The van der Waals surface area contributed by atoms with Crippen molar-refractivity contribution in [1.82, 2.24) is 10.2 Å². The Bertz CT molecular complexity index is 579. The molecule has 2 atom stereocenters.